The number of allylic oxidation sites excluding steroid dienone is 4. The number of hydrogen-bond acceptors (Lipinski definition) is 4. The van der Waals surface area contributed by atoms with Gasteiger partial charge in [-0.05, 0) is 143 Å². The fourth-order valence-corrected chi connectivity index (χ4v) is 11.3. The van der Waals surface area contributed by atoms with Gasteiger partial charge in [0.05, 0.1) is 13.2 Å². The average Bonchev–Trinajstić information content (AvgIpc) is 3.95. The van der Waals surface area contributed by atoms with Crippen molar-refractivity contribution in [2.75, 3.05) is 32.8 Å². The van der Waals surface area contributed by atoms with Crippen molar-refractivity contribution in [2.24, 2.45) is 35.5 Å². The second-order valence-electron chi connectivity index (χ2n) is 16.5. The average molecular weight is 739 g/mol. The summed E-state index contributed by atoms with van der Waals surface area (Å²) in [6.45, 7) is 5.48. The highest BCUT2D eigenvalue weighted by atomic mass is 35.5. The van der Waals surface area contributed by atoms with Crippen molar-refractivity contribution >= 4 is 41.9 Å². The minimum atomic E-state index is 0. The number of hydrogen-bond donors (Lipinski definition) is 0. The van der Waals surface area contributed by atoms with Crippen LogP contribution < -0.4 is 9.47 Å². The van der Waals surface area contributed by atoms with Crippen LogP contribution in [0.5, 0.6) is 11.5 Å². The number of ether oxygens (including phenoxy) is 2. The molecule has 1 saturated heterocycles. The van der Waals surface area contributed by atoms with Gasteiger partial charge < -0.3 is 19.2 Å². The van der Waals surface area contributed by atoms with E-state index in [1.807, 2.05) is 18.2 Å². The number of benzene rings is 2. The van der Waals surface area contributed by atoms with Crippen LogP contribution in [0.2, 0.25) is 10.0 Å². The van der Waals surface area contributed by atoms with Crippen LogP contribution in [0.15, 0.2) is 60.7 Å². The number of carbonyl (C=O) groups is 1. The zero-order valence-corrected chi connectivity index (χ0v) is 31.7. The van der Waals surface area contributed by atoms with Gasteiger partial charge in [-0.25, -0.2) is 0 Å². The maximum atomic E-state index is 10.4. The second kappa shape index (κ2) is 15.6. The molecule has 4 nitrogen and oxygen atoms in total. The Morgan fingerprint density at radius 2 is 1.24 bits per heavy atom. The Kier molecular flexibility index (Phi) is 11.3. The third-order valence-corrected chi connectivity index (χ3v) is 14.2. The SMILES string of the molecule is Cl.Clc1ccc2c(c1)C1(CCCCC1)CCO2.Clc1ccc2c(c1)C1(CCO2)CCN(C[C@@H]2C[C@@H]3C=C[C@H]2C3)CC1.O=C[C@@H]1C[C@@H]2C=C[C@H]1C2. The van der Waals surface area contributed by atoms with Gasteiger partial charge in [0.2, 0.25) is 0 Å². The fraction of sp³-hybridized carbons (Fsp3) is 0.605. The molecule has 3 aliphatic heterocycles. The second-order valence-corrected chi connectivity index (χ2v) is 17.4. The lowest BCUT2D eigenvalue weighted by Gasteiger charge is -2.45. The Balaban J connectivity index is 0.000000130. The van der Waals surface area contributed by atoms with E-state index in [2.05, 4.69) is 47.4 Å². The molecular formula is C43H54Cl3NO3. The van der Waals surface area contributed by atoms with Crippen molar-refractivity contribution in [1.29, 1.82) is 0 Å². The molecule has 6 atom stereocenters. The highest BCUT2D eigenvalue weighted by molar-refractivity contribution is 6.31. The fourth-order valence-electron chi connectivity index (χ4n) is 10.9. The van der Waals surface area contributed by atoms with E-state index in [1.165, 1.54) is 101 Å². The summed E-state index contributed by atoms with van der Waals surface area (Å²) in [5, 5.41) is 1.68. The highest BCUT2D eigenvalue weighted by Gasteiger charge is 2.43. The third kappa shape index (κ3) is 7.43. The predicted molar refractivity (Wildman–Crippen MR) is 206 cm³/mol. The maximum absolute atomic E-state index is 10.4. The number of fused-ring (bicyclic) bond motifs is 8. The third-order valence-electron chi connectivity index (χ3n) is 13.7. The first-order valence-corrected chi connectivity index (χ1v) is 20.1. The molecular weight excluding hydrogens is 685 g/mol. The summed E-state index contributed by atoms with van der Waals surface area (Å²) in [5.41, 5.74) is 3.40. The summed E-state index contributed by atoms with van der Waals surface area (Å²) in [6.07, 6.45) is 27.2. The number of piperidine rings is 1. The number of rotatable bonds is 3. The van der Waals surface area contributed by atoms with Crippen molar-refractivity contribution in [2.45, 2.75) is 94.3 Å². The van der Waals surface area contributed by atoms with Crippen molar-refractivity contribution in [3.63, 3.8) is 0 Å². The zero-order valence-electron chi connectivity index (χ0n) is 29.4. The lowest BCUT2D eigenvalue weighted by Crippen LogP contribution is -2.46. The standard InChI is InChI=1S/C21H26ClNO.C14H17ClO.C8H10O.ClH/c22-18-3-4-20-19(13-18)21(7-10-24-20)5-8-23(9-6-21)14-17-12-15-1-2-16(17)11-15;15-11-4-5-13-12(10-11)14(8-9-16-13)6-2-1-3-7-14;9-5-8-4-6-1-2-7(8)3-6;/h1-4,13,15-17H,5-12,14H2;4-5,10H,1-3,6-9H2;1-2,5-8H,3-4H2;1H/t15-,16+,17+;;6-,7+,8+;/m1.1./s1. The monoisotopic (exact) mass is 737 g/mol. The van der Waals surface area contributed by atoms with Gasteiger partial charge in [0.1, 0.15) is 17.8 Å². The van der Waals surface area contributed by atoms with Crippen LogP contribution in [0.3, 0.4) is 0 Å². The van der Waals surface area contributed by atoms with E-state index in [4.69, 9.17) is 32.7 Å². The van der Waals surface area contributed by atoms with Crippen LogP contribution in [0, 0.1) is 35.5 Å². The van der Waals surface area contributed by atoms with Crippen LogP contribution in [0.1, 0.15) is 94.6 Å². The first-order chi connectivity index (χ1) is 23.9. The Bertz CT molecular complexity index is 1560. The van der Waals surface area contributed by atoms with Crippen molar-refractivity contribution in [1.82, 2.24) is 4.90 Å². The maximum Gasteiger partial charge on any atom is 0.123 e. The molecule has 2 spiro atoms. The lowest BCUT2D eigenvalue weighted by molar-refractivity contribution is -0.111. The molecule has 3 saturated carbocycles. The van der Waals surface area contributed by atoms with Crippen LogP contribution >= 0.6 is 35.6 Å². The van der Waals surface area contributed by atoms with Gasteiger partial charge in [0, 0.05) is 44.5 Å². The molecule has 0 N–H and O–H groups in total. The van der Waals surface area contributed by atoms with Gasteiger partial charge in [-0.15, -0.1) is 12.4 Å². The largest absolute Gasteiger partial charge is 0.493 e. The van der Waals surface area contributed by atoms with E-state index in [9.17, 15) is 4.79 Å². The van der Waals surface area contributed by atoms with E-state index < -0.39 is 0 Å². The minimum Gasteiger partial charge on any atom is -0.493 e. The molecule has 10 rings (SSSR count). The molecule has 8 aliphatic rings. The number of halogens is 3. The van der Waals surface area contributed by atoms with Gasteiger partial charge in [-0.1, -0.05) is 66.8 Å². The van der Waals surface area contributed by atoms with Crippen molar-refractivity contribution < 1.29 is 14.3 Å². The molecule has 2 aromatic rings. The molecule has 0 amide bonds. The summed E-state index contributed by atoms with van der Waals surface area (Å²) in [5.74, 6) is 6.51. The van der Waals surface area contributed by atoms with Crippen LogP contribution in [-0.4, -0.2) is 44.0 Å². The Morgan fingerprint density at radius 1 is 0.680 bits per heavy atom. The van der Waals surface area contributed by atoms with E-state index in [0.29, 0.717) is 22.7 Å². The summed E-state index contributed by atoms with van der Waals surface area (Å²) in [6, 6.07) is 12.3. The van der Waals surface area contributed by atoms with E-state index >= 15 is 0 Å². The van der Waals surface area contributed by atoms with E-state index in [-0.39, 0.29) is 12.4 Å². The van der Waals surface area contributed by atoms with Gasteiger partial charge in [-0.3, -0.25) is 0 Å². The molecule has 4 bridgehead atoms. The zero-order chi connectivity index (χ0) is 33.4. The molecule has 5 aliphatic carbocycles. The Morgan fingerprint density at radius 3 is 1.72 bits per heavy atom. The topological polar surface area (TPSA) is 38.8 Å². The summed E-state index contributed by atoms with van der Waals surface area (Å²) >= 11 is 12.4. The number of nitrogens with zero attached hydrogens (tertiary/aromatic N) is 1. The van der Waals surface area contributed by atoms with Crippen molar-refractivity contribution in [3.05, 3.63) is 81.9 Å². The Hall–Kier alpha value is -1.98. The van der Waals surface area contributed by atoms with Crippen LogP contribution in [0.25, 0.3) is 0 Å². The first-order valence-electron chi connectivity index (χ1n) is 19.3. The molecule has 0 unspecified atom stereocenters. The first kappa shape index (κ1) is 36.4. The molecule has 3 heterocycles. The number of carbonyl (C=O) groups excluding carboxylic acids is 1. The summed E-state index contributed by atoms with van der Waals surface area (Å²) in [4.78, 5) is 13.1. The molecule has 0 aromatic heterocycles. The highest BCUT2D eigenvalue weighted by Crippen LogP contribution is 2.50. The van der Waals surface area contributed by atoms with Gasteiger partial charge in [-0.2, -0.15) is 0 Å². The molecule has 50 heavy (non-hydrogen) atoms. The molecule has 2 aromatic carbocycles. The summed E-state index contributed by atoms with van der Waals surface area (Å²) in [7, 11) is 0. The summed E-state index contributed by atoms with van der Waals surface area (Å²) < 4.78 is 11.6. The minimum absolute atomic E-state index is 0. The lowest BCUT2D eigenvalue weighted by atomic mass is 9.66. The predicted octanol–water partition coefficient (Wildman–Crippen LogP) is 10.8. The molecule has 7 heteroatoms. The Labute approximate surface area is 315 Å². The number of aldehydes is 1. The molecule has 4 fully saturated rings. The van der Waals surface area contributed by atoms with Gasteiger partial charge in [0.15, 0.2) is 0 Å². The smallest absolute Gasteiger partial charge is 0.123 e. The quantitative estimate of drug-likeness (QED) is 0.232. The van der Waals surface area contributed by atoms with Crippen molar-refractivity contribution in [3.8, 4) is 11.5 Å². The van der Waals surface area contributed by atoms with E-state index in [1.54, 1.807) is 0 Å². The van der Waals surface area contributed by atoms with Crippen LogP contribution in [0.4, 0.5) is 0 Å². The number of likely N-dealkylation sites (tertiary alicyclic amines) is 1. The normalized spacial score (nSPS) is 31.6. The molecule has 0 radical (unpaired) electrons. The van der Waals surface area contributed by atoms with Gasteiger partial charge >= 0.3 is 0 Å². The van der Waals surface area contributed by atoms with Crippen LogP contribution in [-0.2, 0) is 15.6 Å². The molecule has 270 valence electrons. The van der Waals surface area contributed by atoms with E-state index in [0.717, 1.165) is 77.6 Å². The van der Waals surface area contributed by atoms with Gasteiger partial charge in [0.25, 0.3) is 0 Å².